The number of likely N-dealkylation sites (N-methyl/N-ethyl adjacent to an activating group) is 1. The van der Waals surface area contributed by atoms with Crippen molar-refractivity contribution in [3.8, 4) is 5.75 Å². The quantitative estimate of drug-likeness (QED) is 0.811. The van der Waals surface area contributed by atoms with Crippen LogP contribution in [0.1, 0.15) is 11.1 Å². The monoisotopic (exact) mass is 367 g/mol. The summed E-state index contributed by atoms with van der Waals surface area (Å²) in [7, 11) is 3.67. The van der Waals surface area contributed by atoms with Crippen molar-refractivity contribution in [1.82, 2.24) is 5.32 Å². The molecule has 0 aliphatic carbocycles. The van der Waals surface area contributed by atoms with Crippen molar-refractivity contribution >= 4 is 27.5 Å². The number of rotatable bonds is 6. The van der Waals surface area contributed by atoms with Crippen LogP contribution in [-0.2, 0) is 12.8 Å². The van der Waals surface area contributed by atoms with Crippen LogP contribution in [0.25, 0.3) is 0 Å². The van der Waals surface area contributed by atoms with Gasteiger partial charge in [-0.05, 0) is 55.3 Å². The van der Waals surface area contributed by atoms with Gasteiger partial charge in [-0.15, -0.1) is 0 Å². The minimum absolute atomic E-state index is 0.313. The number of nitrogens with one attached hydrogen (secondary N) is 1. The van der Waals surface area contributed by atoms with Crippen LogP contribution in [0.5, 0.6) is 5.75 Å². The average molecular weight is 369 g/mol. The molecular formula is C17H19BrClNO. The molecular weight excluding hydrogens is 350 g/mol. The third-order valence-corrected chi connectivity index (χ3v) is 4.69. The van der Waals surface area contributed by atoms with E-state index in [1.165, 1.54) is 5.56 Å². The Balaban J connectivity index is 2.14. The van der Waals surface area contributed by atoms with Gasteiger partial charge in [-0.25, -0.2) is 0 Å². The first kappa shape index (κ1) is 16.3. The van der Waals surface area contributed by atoms with Gasteiger partial charge in [-0.3, -0.25) is 0 Å². The third kappa shape index (κ3) is 4.47. The largest absolute Gasteiger partial charge is 0.497 e. The molecule has 0 bridgehead atoms. The smallest absolute Gasteiger partial charge is 0.119 e. The summed E-state index contributed by atoms with van der Waals surface area (Å²) >= 11 is 9.86. The minimum Gasteiger partial charge on any atom is -0.497 e. The molecule has 2 aromatic carbocycles. The standard InChI is InChI=1S/C17H19BrClNO/c1-20-14(9-12-5-3-4-6-17(12)19)10-13-11-15(21-2)7-8-16(13)18/h3-8,11,14,20H,9-10H2,1-2H3. The number of ether oxygens (including phenoxy) is 1. The van der Waals surface area contributed by atoms with Crippen molar-refractivity contribution in [2.75, 3.05) is 14.2 Å². The van der Waals surface area contributed by atoms with Crippen LogP contribution in [0.15, 0.2) is 46.9 Å². The molecule has 0 aliphatic rings. The highest BCUT2D eigenvalue weighted by Gasteiger charge is 2.13. The topological polar surface area (TPSA) is 21.3 Å². The Hall–Kier alpha value is -1.03. The van der Waals surface area contributed by atoms with Crippen molar-refractivity contribution in [3.63, 3.8) is 0 Å². The van der Waals surface area contributed by atoms with E-state index in [2.05, 4.69) is 33.4 Å². The van der Waals surface area contributed by atoms with Crippen molar-refractivity contribution in [2.45, 2.75) is 18.9 Å². The second-order valence-electron chi connectivity index (χ2n) is 4.94. The fourth-order valence-corrected chi connectivity index (χ4v) is 2.93. The average Bonchev–Trinajstić information content (AvgIpc) is 2.50. The second kappa shape index (κ2) is 7.83. The summed E-state index contributed by atoms with van der Waals surface area (Å²) in [6, 6.07) is 14.4. The molecule has 1 N–H and O–H groups in total. The Labute approximate surface area is 139 Å². The molecule has 2 rings (SSSR count). The first-order valence-electron chi connectivity index (χ1n) is 6.87. The van der Waals surface area contributed by atoms with Crippen LogP contribution >= 0.6 is 27.5 Å². The zero-order valence-corrected chi connectivity index (χ0v) is 14.5. The van der Waals surface area contributed by atoms with E-state index in [1.807, 2.05) is 37.4 Å². The molecule has 2 nitrogen and oxygen atoms in total. The van der Waals surface area contributed by atoms with Gasteiger partial charge in [0.05, 0.1) is 7.11 Å². The molecule has 0 amide bonds. The van der Waals surface area contributed by atoms with Gasteiger partial charge < -0.3 is 10.1 Å². The molecule has 0 heterocycles. The first-order chi connectivity index (χ1) is 10.1. The van der Waals surface area contributed by atoms with Crippen molar-refractivity contribution in [1.29, 1.82) is 0 Å². The molecule has 0 fully saturated rings. The lowest BCUT2D eigenvalue weighted by Gasteiger charge is -2.18. The highest BCUT2D eigenvalue weighted by atomic mass is 79.9. The van der Waals surface area contributed by atoms with E-state index in [0.717, 1.165) is 33.6 Å². The van der Waals surface area contributed by atoms with Gasteiger partial charge in [-0.2, -0.15) is 0 Å². The number of methoxy groups -OCH3 is 1. The number of halogens is 2. The molecule has 0 spiro atoms. The van der Waals surface area contributed by atoms with Crippen molar-refractivity contribution in [3.05, 3.63) is 63.1 Å². The predicted octanol–water partition coefficient (Wildman–Crippen LogP) is 4.48. The van der Waals surface area contributed by atoms with Crippen LogP contribution < -0.4 is 10.1 Å². The van der Waals surface area contributed by atoms with Crippen LogP contribution in [0.3, 0.4) is 0 Å². The van der Waals surface area contributed by atoms with E-state index in [0.29, 0.717) is 6.04 Å². The zero-order chi connectivity index (χ0) is 15.2. The number of hydrogen-bond donors (Lipinski definition) is 1. The Morgan fingerprint density at radius 3 is 2.52 bits per heavy atom. The van der Waals surface area contributed by atoms with Crippen LogP contribution in [0.2, 0.25) is 5.02 Å². The van der Waals surface area contributed by atoms with E-state index < -0.39 is 0 Å². The minimum atomic E-state index is 0.313. The van der Waals surface area contributed by atoms with Gasteiger partial charge in [-0.1, -0.05) is 45.7 Å². The zero-order valence-electron chi connectivity index (χ0n) is 12.2. The molecule has 2 aromatic rings. The molecule has 4 heteroatoms. The Morgan fingerprint density at radius 2 is 1.86 bits per heavy atom. The SMILES string of the molecule is CNC(Cc1ccccc1Cl)Cc1cc(OC)ccc1Br. The summed E-state index contributed by atoms with van der Waals surface area (Å²) in [5, 5.41) is 4.19. The molecule has 1 unspecified atom stereocenters. The molecule has 0 radical (unpaired) electrons. The van der Waals surface area contributed by atoms with Gasteiger partial charge in [0.2, 0.25) is 0 Å². The summed E-state index contributed by atoms with van der Waals surface area (Å²) in [4.78, 5) is 0. The van der Waals surface area contributed by atoms with E-state index in [1.54, 1.807) is 7.11 Å². The predicted molar refractivity (Wildman–Crippen MR) is 92.4 cm³/mol. The van der Waals surface area contributed by atoms with Crippen LogP contribution in [0.4, 0.5) is 0 Å². The third-order valence-electron chi connectivity index (χ3n) is 3.55. The van der Waals surface area contributed by atoms with Gasteiger partial charge in [0.25, 0.3) is 0 Å². The van der Waals surface area contributed by atoms with E-state index in [4.69, 9.17) is 16.3 Å². The van der Waals surface area contributed by atoms with Crippen molar-refractivity contribution < 1.29 is 4.74 Å². The summed E-state index contributed by atoms with van der Waals surface area (Å²) in [6.45, 7) is 0. The fourth-order valence-electron chi connectivity index (χ4n) is 2.31. The first-order valence-corrected chi connectivity index (χ1v) is 8.04. The second-order valence-corrected chi connectivity index (χ2v) is 6.20. The lowest BCUT2D eigenvalue weighted by Crippen LogP contribution is -2.30. The fraction of sp³-hybridized carbons (Fsp3) is 0.294. The number of hydrogen-bond acceptors (Lipinski definition) is 2. The molecule has 112 valence electrons. The van der Waals surface area contributed by atoms with E-state index in [-0.39, 0.29) is 0 Å². The summed E-state index contributed by atoms with van der Waals surface area (Å²) in [5.41, 5.74) is 2.39. The molecule has 21 heavy (non-hydrogen) atoms. The summed E-state index contributed by atoms with van der Waals surface area (Å²) in [6.07, 6.45) is 1.79. The van der Waals surface area contributed by atoms with Crippen molar-refractivity contribution in [2.24, 2.45) is 0 Å². The summed E-state index contributed by atoms with van der Waals surface area (Å²) in [5.74, 6) is 0.876. The maximum Gasteiger partial charge on any atom is 0.119 e. The van der Waals surface area contributed by atoms with Gasteiger partial charge in [0.1, 0.15) is 5.75 Å². The Morgan fingerprint density at radius 1 is 1.14 bits per heavy atom. The highest BCUT2D eigenvalue weighted by Crippen LogP contribution is 2.25. The molecule has 0 saturated heterocycles. The van der Waals surface area contributed by atoms with Gasteiger partial charge in [0.15, 0.2) is 0 Å². The van der Waals surface area contributed by atoms with E-state index >= 15 is 0 Å². The Kier molecular flexibility index (Phi) is 6.09. The molecule has 1 atom stereocenters. The van der Waals surface area contributed by atoms with Gasteiger partial charge >= 0.3 is 0 Å². The normalized spacial score (nSPS) is 12.2. The molecule has 0 aromatic heterocycles. The lowest BCUT2D eigenvalue weighted by atomic mass is 9.99. The maximum absolute atomic E-state index is 6.25. The molecule has 0 saturated carbocycles. The van der Waals surface area contributed by atoms with Gasteiger partial charge in [0, 0.05) is 15.5 Å². The Bertz CT molecular complexity index is 603. The maximum atomic E-state index is 6.25. The van der Waals surface area contributed by atoms with Crippen LogP contribution in [0, 0.1) is 0 Å². The highest BCUT2D eigenvalue weighted by molar-refractivity contribution is 9.10. The molecule has 0 aliphatic heterocycles. The van der Waals surface area contributed by atoms with E-state index in [9.17, 15) is 0 Å². The summed E-state index contributed by atoms with van der Waals surface area (Å²) < 4.78 is 6.40. The van der Waals surface area contributed by atoms with Crippen LogP contribution in [-0.4, -0.2) is 20.2 Å². The lowest BCUT2D eigenvalue weighted by molar-refractivity contribution is 0.413. The number of benzene rings is 2.